The van der Waals surface area contributed by atoms with E-state index in [0.717, 1.165) is 12.3 Å². The summed E-state index contributed by atoms with van der Waals surface area (Å²) in [6.07, 6.45) is 36.4. The van der Waals surface area contributed by atoms with Gasteiger partial charge in [0.25, 0.3) is 0 Å². The molecule has 0 rings (SSSR count). The van der Waals surface area contributed by atoms with Gasteiger partial charge in [0.15, 0.2) is 0 Å². The normalized spacial score (nSPS) is 12.5. The van der Waals surface area contributed by atoms with Crippen molar-refractivity contribution in [1.29, 1.82) is 0 Å². The smallest absolute Gasteiger partial charge is 0.0443 e. The molecule has 1 unspecified atom stereocenters. The van der Waals surface area contributed by atoms with Crippen molar-refractivity contribution < 1.29 is 0 Å². The van der Waals surface area contributed by atoms with Gasteiger partial charge in [0.05, 0.1) is 0 Å². The van der Waals surface area contributed by atoms with Crippen LogP contribution in [0.1, 0.15) is 174 Å². The van der Waals surface area contributed by atoms with Crippen molar-refractivity contribution in [3.63, 3.8) is 0 Å². The zero-order valence-electron chi connectivity index (χ0n) is 21.0. The van der Waals surface area contributed by atoms with Gasteiger partial charge in [-0.25, -0.2) is 0 Å². The second kappa shape index (κ2) is 26.0. The Morgan fingerprint density at radius 1 is 0.414 bits per heavy atom. The Morgan fingerprint density at radius 2 is 0.655 bits per heavy atom. The molecular formula is C29H59. The minimum atomic E-state index is 0.838. The van der Waals surface area contributed by atoms with Crippen LogP contribution >= 0.6 is 0 Å². The molecule has 0 heteroatoms. The SMILES string of the molecule is [CH2]CC(C)CCCCCCCCCCCCCCCCCCCCCCCCC. The van der Waals surface area contributed by atoms with Gasteiger partial charge in [0, 0.05) is 0 Å². The fraction of sp³-hybridized carbons (Fsp3) is 0.966. The van der Waals surface area contributed by atoms with Crippen LogP contribution in [-0.2, 0) is 0 Å². The third-order valence-corrected chi connectivity index (χ3v) is 6.79. The van der Waals surface area contributed by atoms with Crippen LogP contribution in [0.5, 0.6) is 0 Å². The minimum absolute atomic E-state index is 0.838. The molecule has 0 amide bonds. The largest absolute Gasteiger partial charge is 0.0654 e. The van der Waals surface area contributed by atoms with E-state index in [1.54, 1.807) is 0 Å². The zero-order chi connectivity index (χ0) is 21.3. The number of unbranched alkanes of at least 4 members (excludes halogenated alkanes) is 22. The molecule has 0 aliphatic heterocycles. The van der Waals surface area contributed by atoms with Gasteiger partial charge in [0.2, 0.25) is 0 Å². The zero-order valence-corrected chi connectivity index (χ0v) is 21.0. The average molecular weight is 408 g/mol. The van der Waals surface area contributed by atoms with Gasteiger partial charge in [0.1, 0.15) is 0 Å². The van der Waals surface area contributed by atoms with Crippen molar-refractivity contribution in [1.82, 2.24) is 0 Å². The van der Waals surface area contributed by atoms with Crippen molar-refractivity contribution in [2.24, 2.45) is 5.92 Å². The van der Waals surface area contributed by atoms with Gasteiger partial charge < -0.3 is 0 Å². The molecule has 1 atom stereocenters. The summed E-state index contributed by atoms with van der Waals surface area (Å²) < 4.78 is 0. The first kappa shape index (κ1) is 29.0. The summed E-state index contributed by atoms with van der Waals surface area (Å²) in [4.78, 5) is 0. The molecule has 0 aliphatic rings. The van der Waals surface area contributed by atoms with Gasteiger partial charge in [-0.2, -0.15) is 0 Å². The molecule has 0 nitrogen and oxygen atoms in total. The Labute approximate surface area is 187 Å². The lowest BCUT2D eigenvalue weighted by Gasteiger charge is -2.07. The van der Waals surface area contributed by atoms with Crippen LogP contribution in [0.3, 0.4) is 0 Å². The number of rotatable bonds is 25. The summed E-state index contributed by atoms with van der Waals surface area (Å²) in [6.45, 7) is 8.64. The standard InChI is InChI=1S/C29H59/c1-4-6-7-8-9-10-11-12-13-14-15-16-17-18-19-20-21-22-23-24-25-26-27-28-29(3)5-2/h29H,2,4-28H2,1,3H3. The Balaban J connectivity index is 3.00. The third kappa shape index (κ3) is 26.0. The maximum absolute atomic E-state index is 4.00. The van der Waals surface area contributed by atoms with Crippen molar-refractivity contribution in [2.75, 3.05) is 0 Å². The third-order valence-electron chi connectivity index (χ3n) is 6.79. The minimum Gasteiger partial charge on any atom is -0.0654 e. The molecule has 0 fully saturated rings. The first-order valence-corrected chi connectivity index (χ1v) is 14.1. The maximum Gasteiger partial charge on any atom is -0.0443 e. The molecule has 0 saturated carbocycles. The monoisotopic (exact) mass is 407 g/mol. The van der Waals surface area contributed by atoms with Gasteiger partial charge in [-0.1, -0.05) is 181 Å². The molecule has 29 heavy (non-hydrogen) atoms. The summed E-state index contributed by atoms with van der Waals surface area (Å²) in [5, 5.41) is 0. The molecule has 0 aliphatic carbocycles. The van der Waals surface area contributed by atoms with E-state index in [1.807, 2.05) is 0 Å². The maximum atomic E-state index is 4.00. The van der Waals surface area contributed by atoms with Crippen LogP contribution in [0.15, 0.2) is 0 Å². The van der Waals surface area contributed by atoms with Crippen LogP contribution in [0, 0.1) is 12.8 Å². The lowest BCUT2D eigenvalue weighted by molar-refractivity contribution is 0.480. The lowest BCUT2D eigenvalue weighted by atomic mass is 9.99. The van der Waals surface area contributed by atoms with E-state index in [9.17, 15) is 0 Å². The topological polar surface area (TPSA) is 0 Å². The molecule has 0 N–H and O–H groups in total. The van der Waals surface area contributed by atoms with Gasteiger partial charge in [-0.05, 0) is 5.92 Å². The molecule has 0 bridgehead atoms. The predicted octanol–water partition coefficient (Wildman–Crippen LogP) is 11.2. The van der Waals surface area contributed by atoms with Crippen molar-refractivity contribution in [3.8, 4) is 0 Å². The quantitative estimate of drug-likeness (QED) is 0.132. The average Bonchev–Trinajstić information content (AvgIpc) is 2.74. The van der Waals surface area contributed by atoms with E-state index in [4.69, 9.17) is 0 Å². The number of hydrogen-bond donors (Lipinski definition) is 0. The summed E-state index contributed by atoms with van der Waals surface area (Å²) in [7, 11) is 0. The molecule has 0 aromatic carbocycles. The summed E-state index contributed by atoms with van der Waals surface area (Å²) >= 11 is 0. The van der Waals surface area contributed by atoms with Crippen molar-refractivity contribution in [2.45, 2.75) is 174 Å². The van der Waals surface area contributed by atoms with Gasteiger partial charge in [-0.3, -0.25) is 0 Å². The highest BCUT2D eigenvalue weighted by atomic mass is 14.0. The molecule has 0 heterocycles. The van der Waals surface area contributed by atoms with Crippen LogP contribution in [-0.4, -0.2) is 0 Å². The van der Waals surface area contributed by atoms with Crippen LogP contribution < -0.4 is 0 Å². The molecule has 175 valence electrons. The Hall–Kier alpha value is 0. The highest BCUT2D eigenvalue weighted by Crippen LogP contribution is 2.16. The Kier molecular flexibility index (Phi) is 26.0. The molecule has 0 spiro atoms. The first-order chi connectivity index (χ1) is 14.3. The van der Waals surface area contributed by atoms with Gasteiger partial charge >= 0.3 is 0 Å². The van der Waals surface area contributed by atoms with Crippen molar-refractivity contribution in [3.05, 3.63) is 6.92 Å². The first-order valence-electron chi connectivity index (χ1n) is 14.1. The van der Waals surface area contributed by atoms with Crippen LogP contribution in [0.4, 0.5) is 0 Å². The van der Waals surface area contributed by atoms with Crippen molar-refractivity contribution >= 4 is 0 Å². The highest BCUT2D eigenvalue weighted by molar-refractivity contribution is 4.55. The van der Waals surface area contributed by atoms with Crippen LogP contribution in [0.25, 0.3) is 0 Å². The summed E-state index contributed by atoms with van der Waals surface area (Å²) in [5.74, 6) is 0.838. The lowest BCUT2D eigenvalue weighted by Crippen LogP contribution is -1.91. The summed E-state index contributed by atoms with van der Waals surface area (Å²) in [5.41, 5.74) is 0. The van der Waals surface area contributed by atoms with E-state index in [0.29, 0.717) is 0 Å². The number of hydrogen-bond acceptors (Lipinski definition) is 0. The molecule has 0 aromatic rings. The fourth-order valence-corrected chi connectivity index (χ4v) is 4.42. The Morgan fingerprint density at radius 3 is 0.897 bits per heavy atom. The van der Waals surface area contributed by atoms with E-state index in [-0.39, 0.29) is 0 Å². The van der Waals surface area contributed by atoms with E-state index < -0.39 is 0 Å². The molecule has 0 saturated heterocycles. The van der Waals surface area contributed by atoms with E-state index in [2.05, 4.69) is 20.8 Å². The Bertz CT molecular complexity index is 269. The second-order valence-electron chi connectivity index (χ2n) is 9.96. The van der Waals surface area contributed by atoms with E-state index >= 15 is 0 Å². The highest BCUT2D eigenvalue weighted by Gasteiger charge is 1.98. The predicted molar refractivity (Wildman–Crippen MR) is 136 cm³/mol. The van der Waals surface area contributed by atoms with Gasteiger partial charge in [-0.15, -0.1) is 0 Å². The summed E-state index contributed by atoms with van der Waals surface area (Å²) in [6, 6.07) is 0. The molecular weight excluding hydrogens is 348 g/mol. The second-order valence-corrected chi connectivity index (χ2v) is 9.96. The molecule has 0 aromatic heterocycles. The van der Waals surface area contributed by atoms with Crippen LogP contribution in [0.2, 0.25) is 0 Å². The van der Waals surface area contributed by atoms with E-state index in [1.165, 1.54) is 154 Å². The fourth-order valence-electron chi connectivity index (χ4n) is 4.42. The molecule has 1 radical (unpaired) electrons.